The molecule has 0 saturated carbocycles. The minimum Gasteiger partial charge on any atom is -0.431 e. The van der Waals surface area contributed by atoms with Crippen molar-refractivity contribution in [1.82, 2.24) is 15.0 Å². The Hall–Kier alpha value is -2.89. The van der Waals surface area contributed by atoms with E-state index in [-0.39, 0.29) is 22.8 Å². The number of carbonyl (C=O) groups excluding carboxylic acids is 1. The fraction of sp³-hybridized carbons (Fsp3) is 0.263. The van der Waals surface area contributed by atoms with E-state index in [9.17, 15) is 9.18 Å². The van der Waals surface area contributed by atoms with E-state index >= 15 is 0 Å². The van der Waals surface area contributed by atoms with Gasteiger partial charge in [0.05, 0.1) is 5.69 Å². The van der Waals surface area contributed by atoms with Crippen LogP contribution in [-0.2, 0) is 6.42 Å². The number of oxazole rings is 1. The van der Waals surface area contributed by atoms with Gasteiger partial charge in [-0.2, -0.15) is 9.37 Å². The van der Waals surface area contributed by atoms with Crippen molar-refractivity contribution in [3.05, 3.63) is 53.9 Å². The van der Waals surface area contributed by atoms with Crippen LogP contribution in [-0.4, -0.2) is 20.7 Å². The van der Waals surface area contributed by atoms with Gasteiger partial charge in [0.25, 0.3) is 5.95 Å². The molecule has 0 N–H and O–H groups in total. The smallest absolute Gasteiger partial charge is 0.260 e. The summed E-state index contributed by atoms with van der Waals surface area (Å²) in [6.45, 7) is 4.07. The van der Waals surface area contributed by atoms with Gasteiger partial charge in [-0.05, 0) is 36.1 Å². The highest BCUT2D eigenvalue weighted by molar-refractivity contribution is 5.98. The molecule has 4 rings (SSSR count). The first-order valence-corrected chi connectivity index (χ1v) is 8.03. The maximum absolute atomic E-state index is 14.2. The highest BCUT2D eigenvalue weighted by Crippen LogP contribution is 2.35. The summed E-state index contributed by atoms with van der Waals surface area (Å²) in [6, 6.07) is 6.76. The first-order valence-electron chi connectivity index (χ1n) is 8.03. The second-order valence-corrected chi connectivity index (χ2v) is 7.01. The monoisotopic (exact) mass is 337 g/mol. The van der Waals surface area contributed by atoms with Crippen LogP contribution < -0.4 is 0 Å². The Labute approximate surface area is 144 Å². The van der Waals surface area contributed by atoms with E-state index in [4.69, 9.17) is 4.42 Å². The maximum Gasteiger partial charge on any atom is 0.260 e. The van der Waals surface area contributed by atoms with Gasteiger partial charge in [-0.15, -0.1) is 0 Å². The molecule has 5 nitrogen and oxygen atoms in total. The summed E-state index contributed by atoms with van der Waals surface area (Å²) < 4.78 is 19.8. The Bertz CT molecular complexity index is 964. The molecule has 0 saturated heterocycles. The Kier molecular flexibility index (Phi) is 3.49. The van der Waals surface area contributed by atoms with Crippen LogP contribution >= 0.6 is 0 Å². The highest BCUT2D eigenvalue weighted by atomic mass is 19.1. The number of pyridine rings is 2. The zero-order chi connectivity index (χ0) is 17.6. The number of hydrogen-bond donors (Lipinski definition) is 0. The molecule has 3 aromatic rings. The lowest BCUT2D eigenvalue weighted by Gasteiger charge is -2.29. The lowest BCUT2D eigenvalue weighted by molar-refractivity contribution is 0.0910. The molecule has 0 atom stereocenters. The molecule has 3 heterocycles. The van der Waals surface area contributed by atoms with E-state index in [1.807, 2.05) is 13.8 Å². The first kappa shape index (κ1) is 15.6. The highest BCUT2D eigenvalue weighted by Gasteiger charge is 2.32. The van der Waals surface area contributed by atoms with Crippen LogP contribution in [0.2, 0.25) is 0 Å². The third kappa shape index (κ3) is 2.84. The molecule has 0 bridgehead atoms. The van der Waals surface area contributed by atoms with Gasteiger partial charge in [0.1, 0.15) is 5.69 Å². The van der Waals surface area contributed by atoms with E-state index < -0.39 is 5.95 Å². The quantitative estimate of drug-likeness (QED) is 0.704. The van der Waals surface area contributed by atoms with E-state index in [1.165, 1.54) is 6.20 Å². The Balaban J connectivity index is 1.76. The topological polar surface area (TPSA) is 68.9 Å². The summed E-state index contributed by atoms with van der Waals surface area (Å²) in [6.07, 6.45) is 4.29. The van der Waals surface area contributed by atoms with E-state index in [1.54, 1.807) is 30.5 Å². The standard InChI is InChI=1S/C19H16FN3O2/c1-19(2)8-14-12(15(24)9-19)5-6-13(22-14)18-23-17(20)16(25-18)11-4-3-7-21-10-11/h3-7,10H,8-9H2,1-2H3. The zero-order valence-corrected chi connectivity index (χ0v) is 13.9. The average molecular weight is 337 g/mol. The van der Waals surface area contributed by atoms with Crippen LogP contribution in [0, 0.1) is 11.4 Å². The molecule has 1 aliphatic rings. The van der Waals surface area contributed by atoms with Gasteiger partial charge in [-0.25, -0.2) is 4.98 Å². The molecular formula is C19H16FN3O2. The fourth-order valence-electron chi connectivity index (χ4n) is 3.14. The molecule has 0 aromatic carbocycles. The normalized spacial score (nSPS) is 15.9. The number of halogens is 1. The molecule has 126 valence electrons. The minimum atomic E-state index is -0.709. The van der Waals surface area contributed by atoms with Crippen LogP contribution in [0.1, 0.15) is 36.3 Å². The number of aromatic nitrogens is 3. The molecule has 25 heavy (non-hydrogen) atoms. The van der Waals surface area contributed by atoms with Gasteiger partial charge < -0.3 is 4.42 Å². The number of hydrogen-bond acceptors (Lipinski definition) is 5. The average Bonchev–Trinajstić information content (AvgIpc) is 2.96. The molecule has 0 radical (unpaired) electrons. The fourth-order valence-corrected chi connectivity index (χ4v) is 3.14. The summed E-state index contributed by atoms with van der Waals surface area (Å²) in [4.78, 5) is 24.6. The van der Waals surface area contributed by atoms with E-state index in [0.717, 1.165) is 0 Å². The first-order chi connectivity index (χ1) is 11.9. The number of ketones is 1. The second-order valence-electron chi connectivity index (χ2n) is 7.01. The van der Waals surface area contributed by atoms with Crippen molar-refractivity contribution >= 4 is 5.78 Å². The number of nitrogens with zero attached hydrogens (tertiary/aromatic N) is 3. The van der Waals surface area contributed by atoms with E-state index in [2.05, 4.69) is 15.0 Å². The van der Waals surface area contributed by atoms with Crippen molar-refractivity contribution in [2.75, 3.05) is 0 Å². The molecule has 0 fully saturated rings. The third-order valence-corrected chi connectivity index (χ3v) is 4.29. The van der Waals surface area contributed by atoms with Crippen molar-refractivity contribution in [3.8, 4) is 22.9 Å². The van der Waals surface area contributed by atoms with Gasteiger partial charge in [-0.1, -0.05) is 13.8 Å². The van der Waals surface area contributed by atoms with Gasteiger partial charge in [0.2, 0.25) is 5.89 Å². The zero-order valence-electron chi connectivity index (χ0n) is 13.9. The Morgan fingerprint density at radius 2 is 2.00 bits per heavy atom. The lowest BCUT2D eigenvalue weighted by Crippen LogP contribution is -2.27. The predicted octanol–water partition coefficient (Wildman–Crippen LogP) is 4.09. The lowest BCUT2D eigenvalue weighted by atomic mass is 9.75. The molecule has 6 heteroatoms. The van der Waals surface area contributed by atoms with Crippen molar-refractivity contribution in [2.24, 2.45) is 5.41 Å². The number of Topliss-reactive ketones (excluding diaryl/α,β-unsaturated/α-hetero) is 1. The van der Waals surface area contributed by atoms with Gasteiger partial charge in [-0.3, -0.25) is 9.78 Å². The van der Waals surface area contributed by atoms with Crippen molar-refractivity contribution in [1.29, 1.82) is 0 Å². The van der Waals surface area contributed by atoms with E-state index in [0.29, 0.717) is 35.4 Å². The van der Waals surface area contributed by atoms with Crippen molar-refractivity contribution < 1.29 is 13.6 Å². The van der Waals surface area contributed by atoms with Crippen LogP contribution in [0.25, 0.3) is 22.9 Å². The van der Waals surface area contributed by atoms with Gasteiger partial charge in [0, 0.05) is 29.9 Å². The van der Waals surface area contributed by atoms with Crippen LogP contribution in [0.4, 0.5) is 4.39 Å². The minimum absolute atomic E-state index is 0.0269. The summed E-state index contributed by atoms with van der Waals surface area (Å²) in [7, 11) is 0. The molecule has 0 spiro atoms. The molecule has 0 amide bonds. The van der Waals surface area contributed by atoms with Gasteiger partial charge in [0.15, 0.2) is 11.5 Å². The third-order valence-electron chi connectivity index (χ3n) is 4.29. The maximum atomic E-state index is 14.2. The van der Waals surface area contributed by atoms with Crippen molar-refractivity contribution in [3.63, 3.8) is 0 Å². The summed E-state index contributed by atoms with van der Waals surface area (Å²) in [5.74, 6) is -0.507. The second kappa shape index (κ2) is 5.58. The molecule has 1 aliphatic carbocycles. The number of rotatable bonds is 2. The predicted molar refractivity (Wildman–Crippen MR) is 89.4 cm³/mol. The summed E-state index contributed by atoms with van der Waals surface area (Å²) >= 11 is 0. The number of fused-ring (bicyclic) bond motifs is 1. The summed E-state index contributed by atoms with van der Waals surface area (Å²) in [5.41, 5.74) is 2.12. The molecule has 0 aliphatic heterocycles. The number of carbonyl (C=O) groups is 1. The van der Waals surface area contributed by atoms with Crippen LogP contribution in [0.5, 0.6) is 0 Å². The van der Waals surface area contributed by atoms with Crippen LogP contribution in [0.3, 0.4) is 0 Å². The Morgan fingerprint density at radius 3 is 2.76 bits per heavy atom. The summed E-state index contributed by atoms with van der Waals surface area (Å²) in [5, 5.41) is 0. The van der Waals surface area contributed by atoms with Crippen LogP contribution in [0.15, 0.2) is 41.1 Å². The van der Waals surface area contributed by atoms with Crippen molar-refractivity contribution in [2.45, 2.75) is 26.7 Å². The molecule has 3 aromatic heterocycles. The Morgan fingerprint density at radius 1 is 1.16 bits per heavy atom. The molecular weight excluding hydrogens is 321 g/mol. The SMILES string of the molecule is CC1(C)CC(=O)c2ccc(-c3nc(F)c(-c4cccnc4)o3)nc2C1. The molecule has 0 unspecified atom stereocenters. The largest absolute Gasteiger partial charge is 0.431 e. The van der Waals surface area contributed by atoms with Gasteiger partial charge >= 0.3 is 0 Å².